The highest BCUT2D eigenvalue weighted by molar-refractivity contribution is 7.10. The van der Waals surface area contributed by atoms with Crippen molar-refractivity contribution < 1.29 is 4.79 Å². The summed E-state index contributed by atoms with van der Waals surface area (Å²) in [5.41, 5.74) is 4.23. The average molecular weight is 431 g/mol. The molecular weight excluding hydrogens is 404 g/mol. The number of nitrogens with one attached hydrogen (secondary N) is 1. The van der Waals surface area contributed by atoms with Gasteiger partial charge in [-0.15, -0.1) is 11.3 Å². The molecule has 2 heterocycles. The van der Waals surface area contributed by atoms with Crippen LogP contribution in [0.15, 0.2) is 78.3 Å². The van der Waals surface area contributed by atoms with E-state index in [-0.39, 0.29) is 11.9 Å². The number of nitrogens with zero attached hydrogens (tertiary/aromatic N) is 3. The molecule has 5 nitrogen and oxygen atoms in total. The number of hydrogen-bond acceptors (Lipinski definition) is 4. The fourth-order valence-corrected chi connectivity index (χ4v) is 4.52. The number of para-hydroxylation sites is 1. The maximum Gasteiger partial charge on any atom is 0.255 e. The van der Waals surface area contributed by atoms with E-state index in [1.165, 1.54) is 4.88 Å². The van der Waals surface area contributed by atoms with E-state index in [4.69, 9.17) is 5.10 Å². The number of rotatable bonds is 7. The van der Waals surface area contributed by atoms with Crippen LogP contribution >= 0.6 is 11.3 Å². The van der Waals surface area contributed by atoms with Crippen molar-refractivity contribution in [3.8, 4) is 16.9 Å². The molecule has 0 radical (unpaired) electrons. The van der Waals surface area contributed by atoms with Crippen LogP contribution in [-0.4, -0.2) is 41.2 Å². The van der Waals surface area contributed by atoms with Crippen molar-refractivity contribution in [1.82, 2.24) is 20.0 Å². The van der Waals surface area contributed by atoms with Gasteiger partial charge in [-0.2, -0.15) is 5.10 Å². The van der Waals surface area contributed by atoms with E-state index in [1.807, 2.05) is 87.9 Å². The van der Waals surface area contributed by atoms with Crippen LogP contribution in [0, 0.1) is 6.92 Å². The Morgan fingerprint density at radius 3 is 2.48 bits per heavy atom. The number of benzene rings is 2. The van der Waals surface area contributed by atoms with Gasteiger partial charge in [-0.05, 0) is 50.2 Å². The first kappa shape index (κ1) is 21.0. The minimum atomic E-state index is -0.121. The molecule has 1 N–H and O–H groups in total. The van der Waals surface area contributed by atoms with E-state index >= 15 is 0 Å². The van der Waals surface area contributed by atoms with Crippen molar-refractivity contribution in [2.24, 2.45) is 0 Å². The van der Waals surface area contributed by atoms with Gasteiger partial charge in [0, 0.05) is 23.2 Å². The third kappa shape index (κ3) is 4.60. The molecule has 0 saturated heterocycles. The van der Waals surface area contributed by atoms with Gasteiger partial charge in [0.2, 0.25) is 0 Å². The van der Waals surface area contributed by atoms with Gasteiger partial charge in [-0.1, -0.05) is 48.5 Å². The van der Waals surface area contributed by atoms with Gasteiger partial charge in [-0.3, -0.25) is 4.79 Å². The molecule has 0 spiro atoms. The molecule has 158 valence electrons. The zero-order valence-corrected chi connectivity index (χ0v) is 18.8. The third-order valence-electron chi connectivity index (χ3n) is 5.33. The van der Waals surface area contributed by atoms with Gasteiger partial charge in [-0.25, -0.2) is 4.68 Å². The number of carbonyl (C=O) groups excluding carboxylic acids is 1. The summed E-state index contributed by atoms with van der Waals surface area (Å²) in [5.74, 6) is -0.121. The number of likely N-dealkylation sites (N-methyl/N-ethyl adjacent to an activating group) is 1. The molecule has 6 heteroatoms. The minimum absolute atomic E-state index is 0.120. The highest BCUT2D eigenvalue weighted by Crippen LogP contribution is 2.27. The van der Waals surface area contributed by atoms with Gasteiger partial charge in [0.15, 0.2) is 0 Å². The predicted molar refractivity (Wildman–Crippen MR) is 127 cm³/mol. The molecule has 1 amide bonds. The van der Waals surface area contributed by atoms with Gasteiger partial charge in [0.25, 0.3) is 5.91 Å². The van der Waals surface area contributed by atoms with Gasteiger partial charge in [0.1, 0.15) is 5.69 Å². The van der Waals surface area contributed by atoms with Gasteiger partial charge in [0.05, 0.1) is 17.3 Å². The lowest BCUT2D eigenvalue weighted by Gasteiger charge is -2.23. The number of aromatic nitrogens is 2. The van der Waals surface area contributed by atoms with E-state index in [9.17, 15) is 4.79 Å². The number of carbonyl (C=O) groups is 1. The summed E-state index contributed by atoms with van der Waals surface area (Å²) in [4.78, 5) is 16.7. The summed E-state index contributed by atoms with van der Waals surface area (Å²) in [7, 11) is 4.06. The molecule has 31 heavy (non-hydrogen) atoms. The maximum absolute atomic E-state index is 13.3. The molecule has 0 fully saturated rings. The summed E-state index contributed by atoms with van der Waals surface area (Å²) in [6.07, 6.45) is 1.82. The van der Waals surface area contributed by atoms with E-state index in [1.54, 1.807) is 16.0 Å². The van der Waals surface area contributed by atoms with Crippen molar-refractivity contribution in [2.45, 2.75) is 13.0 Å². The highest BCUT2D eigenvalue weighted by Gasteiger charge is 2.22. The third-order valence-corrected chi connectivity index (χ3v) is 6.30. The first-order valence-electron chi connectivity index (χ1n) is 10.2. The van der Waals surface area contributed by atoms with Crippen LogP contribution in [0.1, 0.15) is 26.8 Å². The smallest absolute Gasteiger partial charge is 0.255 e. The Bertz CT molecular complexity index is 1150. The van der Waals surface area contributed by atoms with E-state index in [2.05, 4.69) is 21.7 Å². The largest absolute Gasteiger partial charge is 0.350 e. The van der Waals surface area contributed by atoms with Crippen molar-refractivity contribution >= 4 is 17.2 Å². The molecule has 1 unspecified atom stereocenters. The number of thiophene rings is 1. The molecule has 2 aromatic heterocycles. The second kappa shape index (κ2) is 9.29. The monoisotopic (exact) mass is 430 g/mol. The molecule has 1 atom stereocenters. The normalized spacial score (nSPS) is 12.1. The Balaban J connectivity index is 1.67. The molecule has 0 aliphatic rings. The first-order valence-corrected chi connectivity index (χ1v) is 11.1. The fourth-order valence-electron chi connectivity index (χ4n) is 3.59. The molecule has 0 bridgehead atoms. The summed E-state index contributed by atoms with van der Waals surface area (Å²) in [5, 5.41) is 9.99. The van der Waals surface area contributed by atoms with Crippen molar-refractivity contribution in [3.05, 3.63) is 94.3 Å². The molecule has 0 aliphatic heterocycles. The summed E-state index contributed by atoms with van der Waals surface area (Å²) < 4.78 is 1.78. The zero-order chi connectivity index (χ0) is 21.8. The lowest BCUT2D eigenvalue weighted by atomic mass is 10.0. The molecular formula is C25H26N4OS. The summed E-state index contributed by atoms with van der Waals surface area (Å²) in [6.45, 7) is 2.56. The Kier molecular flexibility index (Phi) is 6.30. The van der Waals surface area contributed by atoms with Crippen LogP contribution in [0.4, 0.5) is 0 Å². The van der Waals surface area contributed by atoms with Crippen molar-refractivity contribution in [2.75, 3.05) is 20.6 Å². The highest BCUT2D eigenvalue weighted by atomic mass is 32.1. The zero-order valence-electron chi connectivity index (χ0n) is 17.9. The summed E-state index contributed by atoms with van der Waals surface area (Å²) in [6, 6.07) is 22.1. The van der Waals surface area contributed by atoms with Crippen LogP contribution in [0.2, 0.25) is 0 Å². The Morgan fingerprint density at radius 2 is 1.81 bits per heavy atom. The number of aryl methyl sites for hydroxylation is 1. The number of amides is 1. The van der Waals surface area contributed by atoms with Crippen molar-refractivity contribution in [1.29, 1.82) is 0 Å². The Labute approximate surface area is 187 Å². The number of hydrogen-bond donors (Lipinski definition) is 1. The SMILES string of the molecule is Cc1ccccc1-c1nn(-c2ccccc2)cc1C(=O)NCC(c1cccs1)N(C)C. The molecule has 4 aromatic rings. The van der Waals surface area contributed by atoms with Crippen LogP contribution in [0.5, 0.6) is 0 Å². The molecule has 0 saturated carbocycles. The van der Waals surface area contributed by atoms with Crippen molar-refractivity contribution in [3.63, 3.8) is 0 Å². The lowest BCUT2D eigenvalue weighted by Crippen LogP contribution is -2.34. The van der Waals surface area contributed by atoms with E-state index in [0.29, 0.717) is 17.8 Å². The molecule has 4 rings (SSSR count). The van der Waals surface area contributed by atoms with E-state index < -0.39 is 0 Å². The van der Waals surface area contributed by atoms with Gasteiger partial charge < -0.3 is 10.2 Å². The second-order valence-electron chi connectivity index (χ2n) is 7.69. The standard InChI is InChI=1S/C25H26N4OS/c1-18-10-7-8-13-20(18)24-21(17-29(27-24)19-11-5-4-6-12-19)25(30)26-16-22(28(2)3)23-14-9-15-31-23/h4-15,17,22H,16H2,1-3H3,(H,26,30). The lowest BCUT2D eigenvalue weighted by molar-refractivity contribution is 0.0943. The predicted octanol–water partition coefficient (Wildman–Crippen LogP) is 4.94. The second-order valence-corrected chi connectivity index (χ2v) is 8.67. The first-order chi connectivity index (χ1) is 15.0. The van der Waals surface area contributed by atoms with Crippen LogP contribution in [0.3, 0.4) is 0 Å². The Hall–Kier alpha value is -3.22. The van der Waals surface area contributed by atoms with Crippen LogP contribution < -0.4 is 5.32 Å². The minimum Gasteiger partial charge on any atom is -0.350 e. The molecule has 0 aliphatic carbocycles. The summed E-state index contributed by atoms with van der Waals surface area (Å²) >= 11 is 1.70. The van der Waals surface area contributed by atoms with E-state index in [0.717, 1.165) is 16.8 Å². The Morgan fingerprint density at radius 1 is 1.06 bits per heavy atom. The topological polar surface area (TPSA) is 50.2 Å². The van der Waals surface area contributed by atoms with Crippen LogP contribution in [-0.2, 0) is 0 Å². The molecule has 2 aromatic carbocycles. The van der Waals surface area contributed by atoms with Gasteiger partial charge >= 0.3 is 0 Å². The average Bonchev–Trinajstić information content (AvgIpc) is 3.45. The maximum atomic E-state index is 13.3. The quantitative estimate of drug-likeness (QED) is 0.452. The van der Waals surface area contributed by atoms with Crippen LogP contribution in [0.25, 0.3) is 16.9 Å². The fraction of sp³-hybridized carbons (Fsp3) is 0.200.